The van der Waals surface area contributed by atoms with E-state index in [9.17, 15) is 9.18 Å². The van der Waals surface area contributed by atoms with Crippen molar-refractivity contribution < 1.29 is 9.18 Å². The van der Waals surface area contributed by atoms with Gasteiger partial charge < -0.3 is 0 Å². The van der Waals surface area contributed by atoms with Crippen LogP contribution in [0.2, 0.25) is 0 Å². The normalized spacial score (nSPS) is 12.2. The van der Waals surface area contributed by atoms with Crippen LogP contribution in [0.4, 0.5) is 4.39 Å². The monoisotopic (exact) mass is 196 g/mol. The van der Waals surface area contributed by atoms with Gasteiger partial charge in [-0.25, -0.2) is 9.82 Å². The SMILES string of the molecule is CNNC(=O)C(C)c1ccc(F)cc1. The summed E-state index contributed by atoms with van der Waals surface area (Å²) in [6.07, 6.45) is 0. The molecule has 0 radical (unpaired) electrons. The molecular formula is C10H13FN2O. The minimum Gasteiger partial charge on any atom is -0.291 e. The van der Waals surface area contributed by atoms with Crippen LogP contribution in [-0.2, 0) is 4.79 Å². The smallest absolute Gasteiger partial charge is 0.241 e. The molecule has 1 amide bonds. The Morgan fingerprint density at radius 2 is 1.93 bits per heavy atom. The van der Waals surface area contributed by atoms with E-state index in [1.165, 1.54) is 12.1 Å². The molecule has 0 saturated carbocycles. The second-order valence-electron chi connectivity index (χ2n) is 3.01. The lowest BCUT2D eigenvalue weighted by molar-refractivity contribution is -0.123. The van der Waals surface area contributed by atoms with Gasteiger partial charge >= 0.3 is 0 Å². The third-order valence-corrected chi connectivity index (χ3v) is 2.01. The average molecular weight is 196 g/mol. The van der Waals surface area contributed by atoms with E-state index >= 15 is 0 Å². The fraction of sp³-hybridized carbons (Fsp3) is 0.300. The summed E-state index contributed by atoms with van der Waals surface area (Å²) in [6.45, 7) is 1.76. The Hall–Kier alpha value is -1.42. The van der Waals surface area contributed by atoms with Crippen molar-refractivity contribution in [1.29, 1.82) is 0 Å². The molecule has 1 atom stereocenters. The minimum atomic E-state index is -0.296. The first-order valence-electron chi connectivity index (χ1n) is 4.37. The fourth-order valence-corrected chi connectivity index (χ4v) is 1.13. The van der Waals surface area contributed by atoms with Crippen LogP contribution in [0.1, 0.15) is 18.4 Å². The van der Waals surface area contributed by atoms with E-state index in [2.05, 4.69) is 10.9 Å². The summed E-state index contributed by atoms with van der Waals surface area (Å²) in [4.78, 5) is 11.4. The number of amides is 1. The van der Waals surface area contributed by atoms with Crippen molar-refractivity contribution in [3.63, 3.8) is 0 Å². The largest absolute Gasteiger partial charge is 0.291 e. The van der Waals surface area contributed by atoms with Gasteiger partial charge in [0.1, 0.15) is 5.82 Å². The molecule has 0 aliphatic heterocycles. The van der Waals surface area contributed by atoms with E-state index in [4.69, 9.17) is 0 Å². The molecule has 0 saturated heterocycles. The molecule has 3 nitrogen and oxygen atoms in total. The number of rotatable bonds is 3. The van der Waals surface area contributed by atoms with Crippen molar-refractivity contribution in [3.05, 3.63) is 35.6 Å². The van der Waals surface area contributed by atoms with Gasteiger partial charge in [0, 0.05) is 7.05 Å². The zero-order chi connectivity index (χ0) is 10.6. The number of hydrogen-bond acceptors (Lipinski definition) is 2. The highest BCUT2D eigenvalue weighted by Gasteiger charge is 2.13. The summed E-state index contributed by atoms with van der Waals surface area (Å²) in [7, 11) is 1.62. The molecule has 1 aromatic carbocycles. The average Bonchev–Trinajstić information content (AvgIpc) is 2.18. The molecule has 14 heavy (non-hydrogen) atoms. The van der Waals surface area contributed by atoms with Crippen molar-refractivity contribution in [2.75, 3.05) is 7.05 Å². The van der Waals surface area contributed by atoms with E-state index in [0.29, 0.717) is 0 Å². The van der Waals surface area contributed by atoms with Crippen molar-refractivity contribution in [1.82, 2.24) is 10.9 Å². The highest BCUT2D eigenvalue weighted by Crippen LogP contribution is 2.15. The first-order valence-corrected chi connectivity index (χ1v) is 4.37. The van der Waals surface area contributed by atoms with Gasteiger partial charge in [0.2, 0.25) is 5.91 Å². The molecule has 0 heterocycles. The van der Waals surface area contributed by atoms with Gasteiger partial charge in [0.05, 0.1) is 5.92 Å². The van der Waals surface area contributed by atoms with Crippen LogP contribution in [-0.4, -0.2) is 13.0 Å². The number of hydrogen-bond donors (Lipinski definition) is 2. The second-order valence-corrected chi connectivity index (χ2v) is 3.01. The molecule has 0 aromatic heterocycles. The van der Waals surface area contributed by atoms with Gasteiger partial charge in [-0.2, -0.15) is 0 Å². The summed E-state index contributed by atoms with van der Waals surface area (Å²) in [5.41, 5.74) is 5.82. The molecule has 1 aromatic rings. The van der Waals surface area contributed by atoms with Gasteiger partial charge in [0.15, 0.2) is 0 Å². The molecule has 1 rings (SSSR count). The van der Waals surface area contributed by atoms with Crippen LogP contribution in [0.25, 0.3) is 0 Å². The van der Waals surface area contributed by atoms with E-state index in [-0.39, 0.29) is 17.6 Å². The number of halogens is 1. The maximum Gasteiger partial charge on any atom is 0.241 e. The molecule has 0 aliphatic rings. The second kappa shape index (κ2) is 4.72. The maximum atomic E-state index is 12.6. The van der Waals surface area contributed by atoms with Crippen LogP contribution in [0, 0.1) is 5.82 Å². The van der Waals surface area contributed by atoms with Gasteiger partial charge in [-0.05, 0) is 24.6 Å². The number of nitrogens with one attached hydrogen (secondary N) is 2. The Balaban J connectivity index is 2.73. The Kier molecular flexibility index (Phi) is 3.59. The first kappa shape index (κ1) is 10.7. The summed E-state index contributed by atoms with van der Waals surface area (Å²) in [6, 6.07) is 5.90. The predicted octanol–water partition coefficient (Wildman–Crippen LogP) is 1.18. The number of hydrazine groups is 1. The zero-order valence-electron chi connectivity index (χ0n) is 8.17. The van der Waals surface area contributed by atoms with Crippen LogP contribution >= 0.6 is 0 Å². The van der Waals surface area contributed by atoms with Gasteiger partial charge in [-0.15, -0.1) is 0 Å². The highest BCUT2D eigenvalue weighted by molar-refractivity contribution is 5.82. The Morgan fingerprint density at radius 3 is 2.43 bits per heavy atom. The molecule has 0 fully saturated rings. The minimum absolute atomic E-state index is 0.140. The Morgan fingerprint density at radius 1 is 1.36 bits per heavy atom. The summed E-state index contributed by atoms with van der Waals surface area (Å²) in [5, 5.41) is 0. The quantitative estimate of drug-likeness (QED) is 0.713. The number of carbonyl (C=O) groups excluding carboxylic acids is 1. The molecule has 0 aliphatic carbocycles. The van der Waals surface area contributed by atoms with Gasteiger partial charge in [-0.1, -0.05) is 12.1 Å². The molecule has 0 bridgehead atoms. The first-order chi connectivity index (χ1) is 6.65. The summed E-state index contributed by atoms with van der Waals surface area (Å²) >= 11 is 0. The molecular weight excluding hydrogens is 183 g/mol. The van der Waals surface area contributed by atoms with E-state index in [0.717, 1.165) is 5.56 Å². The zero-order valence-corrected chi connectivity index (χ0v) is 8.17. The molecule has 1 unspecified atom stereocenters. The molecule has 4 heteroatoms. The lowest BCUT2D eigenvalue weighted by Gasteiger charge is -2.11. The summed E-state index contributed by atoms with van der Waals surface area (Å²) < 4.78 is 12.6. The van der Waals surface area contributed by atoms with E-state index < -0.39 is 0 Å². The standard InChI is InChI=1S/C10H13FN2O/c1-7(10(14)13-12-2)8-3-5-9(11)6-4-8/h3-7,12H,1-2H3,(H,13,14). The number of benzene rings is 1. The topological polar surface area (TPSA) is 41.1 Å². The molecule has 0 spiro atoms. The highest BCUT2D eigenvalue weighted by atomic mass is 19.1. The van der Waals surface area contributed by atoms with Crippen molar-refractivity contribution in [3.8, 4) is 0 Å². The van der Waals surface area contributed by atoms with E-state index in [1.807, 2.05) is 0 Å². The number of carbonyl (C=O) groups is 1. The predicted molar refractivity (Wildman–Crippen MR) is 52.0 cm³/mol. The van der Waals surface area contributed by atoms with Crippen molar-refractivity contribution in [2.24, 2.45) is 0 Å². The maximum absolute atomic E-state index is 12.6. The summed E-state index contributed by atoms with van der Waals surface area (Å²) in [5.74, 6) is -0.725. The fourth-order valence-electron chi connectivity index (χ4n) is 1.13. The lowest BCUT2D eigenvalue weighted by atomic mass is 10.0. The van der Waals surface area contributed by atoms with Gasteiger partial charge in [-0.3, -0.25) is 10.2 Å². The third-order valence-electron chi connectivity index (χ3n) is 2.01. The molecule has 76 valence electrons. The van der Waals surface area contributed by atoms with Crippen LogP contribution in [0.3, 0.4) is 0 Å². The van der Waals surface area contributed by atoms with Crippen molar-refractivity contribution in [2.45, 2.75) is 12.8 Å². The van der Waals surface area contributed by atoms with Crippen molar-refractivity contribution >= 4 is 5.91 Å². The Bertz CT molecular complexity index is 310. The van der Waals surface area contributed by atoms with Crippen LogP contribution in [0.15, 0.2) is 24.3 Å². The van der Waals surface area contributed by atoms with Crippen LogP contribution in [0.5, 0.6) is 0 Å². The Labute approximate surface area is 82.3 Å². The molecule has 2 N–H and O–H groups in total. The van der Waals surface area contributed by atoms with E-state index in [1.54, 1.807) is 26.1 Å². The van der Waals surface area contributed by atoms with Crippen LogP contribution < -0.4 is 10.9 Å². The lowest BCUT2D eigenvalue weighted by Crippen LogP contribution is -2.37. The third kappa shape index (κ3) is 2.53. The van der Waals surface area contributed by atoms with Gasteiger partial charge in [0.25, 0.3) is 0 Å².